The fourth-order valence-electron chi connectivity index (χ4n) is 4.44. The summed E-state index contributed by atoms with van der Waals surface area (Å²) in [5.41, 5.74) is 3.24. The van der Waals surface area contributed by atoms with Gasteiger partial charge in [-0.25, -0.2) is 15.0 Å². The third kappa shape index (κ3) is 7.13. The van der Waals surface area contributed by atoms with Gasteiger partial charge in [-0.05, 0) is 77.4 Å². The Morgan fingerprint density at radius 3 is 2.62 bits per heavy atom. The van der Waals surface area contributed by atoms with Crippen LogP contribution in [-0.2, 0) is 4.79 Å². The zero-order chi connectivity index (χ0) is 27.9. The summed E-state index contributed by atoms with van der Waals surface area (Å²) in [7, 11) is 6.05. The molecule has 0 atom stereocenters. The lowest BCUT2D eigenvalue weighted by atomic mass is 10.1. The molecule has 0 bridgehead atoms. The molecule has 4 aromatic heterocycles. The van der Waals surface area contributed by atoms with E-state index < -0.39 is 0 Å². The van der Waals surface area contributed by atoms with Crippen LogP contribution < -0.4 is 16.0 Å². The predicted molar refractivity (Wildman–Crippen MR) is 159 cm³/mol. The first-order valence-electron chi connectivity index (χ1n) is 13.3. The van der Waals surface area contributed by atoms with Gasteiger partial charge in [0, 0.05) is 48.3 Å². The number of pyridine rings is 3. The van der Waals surface area contributed by atoms with Crippen LogP contribution in [0.1, 0.15) is 12.8 Å². The Kier molecular flexibility index (Phi) is 8.53. The summed E-state index contributed by atoms with van der Waals surface area (Å²) >= 11 is 0. The van der Waals surface area contributed by atoms with Crippen molar-refractivity contribution in [2.75, 3.05) is 56.7 Å². The molecular weight excluding hydrogens is 504 g/mol. The summed E-state index contributed by atoms with van der Waals surface area (Å²) in [6, 6.07) is 9.75. The van der Waals surface area contributed by atoms with Crippen molar-refractivity contribution < 1.29 is 4.79 Å². The number of piperidine rings is 1. The summed E-state index contributed by atoms with van der Waals surface area (Å²) in [5, 5.41) is 10.5. The van der Waals surface area contributed by atoms with E-state index in [2.05, 4.69) is 47.8 Å². The largest absolute Gasteiger partial charge is 0.367 e. The number of amides is 1. The zero-order valence-electron chi connectivity index (χ0n) is 23.0. The molecule has 0 saturated carbocycles. The standard InChI is InChI=1S/C29H34N10O/c1-38(2)14-4-5-26(40)35-22-9-13-30-24(17-22)28-27-20(8-12-31-28)18-33-29(37-27)36-23-6-7-25(32-19-23)34-21-10-15-39(3)16-11-21/h4-9,12-13,17-19,21H,10-11,14-16H2,1-3H3,(H,32,34)(H,30,35,40)(H,33,36,37). The van der Waals surface area contributed by atoms with Gasteiger partial charge in [-0.15, -0.1) is 0 Å². The molecule has 1 fully saturated rings. The van der Waals surface area contributed by atoms with Crippen molar-refractivity contribution in [2.24, 2.45) is 0 Å². The van der Waals surface area contributed by atoms with Crippen molar-refractivity contribution >= 4 is 40.0 Å². The van der Waals surface area contributed by atoms with Gasteiger partial charge < -0.3 is 25.8 Å². The molecule has 5 rings (SSSR count). The van der Waals surface area contributed by atoms with Gasteiger partial charge >= 0.3 is 0 Å². The molecule has 0 aromatic carbocycles. The molecule has 1 saturated heterocycles. The molecule has 11 nitrogen and oxygen atoms in total. The molecule has 206 valence electrons. The first-order valence-corrected chi connectivity index (χ1v) is 13.3. The second-order valence-corrected chi connectivity index (χ2v) is 10.2. The highest BCUT2D eigenvalue weighted by molar-refractivity contribution is 6.00. The first kappa shape index (κ1) is 27.1. The lowest BCUT2D eigenvalue weighted by molar-refractivity contribution is -0.111. The number of carbonyl (C=O) groups is 1. The number of likely N-dealkylation sites (tertiary alicyclic amines) is 1. The van der Waals surface area contributed by atoms with E-state index in [1.165, 1.54) is 6.08 Å². The van der Waals surface area contributed by atoms with E-state index in [1.807, 2.05) is 43.3 Å². The number of aromatic nitrogens is 5. The van der Waals surface area contributed by atoms with Crippen LogP contribution in [0.3, 0.4) is 0 Å². The third-order valence-corrected chi connectivity index (χ3v) is 6.60. The Balaban J connectivity index is 1.30. The van der Waals surface area contributed by atoms with Gasteiger partial charge in [-0.1, -0.05) is 6.08 Å². The number of hydrogen-bond donors (Lipinski definition) is 3. The molecule has 0 aliphatic carbocycles. The SMILES string of the molecule is CN(C)CC=CC(=O)Nc1ccnc(-c2nccc3cnc(Nc4ccc(NC5CCN(C)CC5)nc4)nc23)c1. The monoisotopic (exact) mass is 538 g/mol. The van der Waals surface area contributed by atoms with Gasteiger partial charge in [0.05, 0.1) is 17.6 Å². The van der Waals surface area contributed by atoms with Crippen molar-refractivity contribution in [3.8, 4) is 11.4 Å². The Labute approximate surface area is 233 Å². The van der Waals surface area contributed by atoms with Crippen LogP contribution in [0, 0.1) is 0 Å². The third-order valence-electron chi connectivity index (χ3n) is 6.60. The van der Waals surface area contributed by atoms with Gasteiger partial charge in [0.2, 0.25) is 11.9 Å². The van der Waals surface area contributed by atoms with E-state index in [4.69, 9.17) is 4.98 Å². The van der Waals surface area contributed by atoms with E-state index in [0.717, 1.165) is 42.8 Å². The fourth-order valence-corrected chi connectivity index (χ4v) is 4.44. The second-order valence-electron chi connectivity index (χ2n) is 10.2. The van der Waals surface area contributed by atoms with Crippen LogP contribution in [-0.4, -0.2) is 87.4 Å². The molecule has 1 amide bonds. The van der Waals surface area contributed by atoms with Gasteiger partial charge in [0.1, 0.15) is 17.0 Å². The minimum atomic E-state index is -0.208. The Hall–Kier alpha value is -4.48. The number of carbonyl (C=O) groups excluding carboxylic acids is 1. The lowest BCUT2D eigenvalue weighted by Crippen LogP contribution is -2.36. The van der Waals surface area contributed by atoms with Crippen LogP contribution in [0.4, 0.5) is 23.1 Å². The highest BCUT2D eigenvalue weighted by Crippen LogP contribution is 2.26. The van der Waals surface area contributed by atoms with Crippen LogP contribution in [0.25, 0.3) is 22.3 Å². The molecule has 1 aliphatic heterocycles. The van der Waals surface area contributed by atoms with E-state index >= 15 is 0 Å². The molecule has 0 spiro atoms. The average molecular weight is 539 g/mol. The molecule has 11 heteroatoms. The quantitative estimate of drug-likeness (QED) is 0.271. The molecule has 40 heavy (non-hydrogen) atoms. The van der Waals surface area contributed by atoms with Crippen LogP contribution >= 0.6 is 0 Å². The number of fused-ring (bicyclic) bond motifs is 1. The summed E-state index contributed by atoms with van der Waals surface area (Å²) in [6.07, 6.45) is 12.4. The van der Waals surface area contributed by atoms with Crippen molar-refractivity contribution in [3.05, 3.63) is 67.3 Å². The number of nitrogens with zero attached hydrogens (tertiary/aromatic N) is 7. The number of likely N-dealkylation sites (N-methyl/N-ethyl adjacent to an activating group) is 1. The number of hydrogen-bond acceptors (Lipinski definition) is 10. The highest BCUT2D eigenvalue weighted by Gasteiger charge is 2.17. The van der Waals surface area contributed by atoms with Gasteiger partial charge in [-0.2, -0.15) is 0 Å². The van der Waals surface area contributed by atoms with E-state index in [9.17, 15) is 4.79 Å². The molecule has 0 radical (unpaired) electrons. The molecule has 4 aromatic rings. The maximum atomic E-state index is 12.3. The molecule has 3 N–H and O–H groups in total. The maximum Gasteiger partial charge on any atom is 0.248 e. The minimum absolute atomic E-state index is 0.208. The van der Waals surface area contributed by atoms with Crippen molar-refractivity contribution in [2.45, 2.75) is 18.9 Å². The normalized spacial score (nSPS) is 14.6. The Bertz CT molecular complexity index is 1480. The fraction of sp³-hybridized carbons (Fsp3) is 0.310. The van der Waals surface area contributed by atoms with Gasteiger partial charge in [-0.3, -0.25) is 14.8 Å². The van der Waals surface area contributed by atoms with E-state index in [0.29, 0.717) is 41.1 Å². The van der Waals surface area contributed by atoms with Crippen LogP contribution in [0.15, 0.2) is 67.3 Å². The summed E-state index contributed by atoms with van der Waals surface area (Å²) < 4.78 is 0. The van der Waals surface area contributed by atoms with Crippen molar-refractivity contribution in [1.82, 2.24) is 34.7 Å². The van der Waals surface area contributed by atoms with Crippen molar-refractivity contribution in [1.29, 1.82) is 0 Å². The van der Waals surface area contributed by atoms with E-state index in [-0.39, 0.29) is 5.91 Å². The summed E-state index contributed by atoms with van der Waals surface area (Å²) in [4.78, 5) is 39.5. The summed E-state index contributed by atoms with van der Waals surface area (Å²) in [5.74, 6) is 1.08. The number of nitrogens with one attached hydrogen (secondary N) is 3. The van der Waals surface area contributed by atoms with Gasteiger partial charge in [0.25, 0.3) is 0 Å². The molecule has 1 aliphatic rings. The Morgan fingerprint density at radius 2 is 1.85 bits per heavy atom. The maximum absolute atomic E-state index is 12.3. The predicted octanol–water partition coefficient (Wildman–Crippen LogP) is 3.79. The average Bonchev–Trinajstić information content (AvgIpc) is 2.95. The second kappa shape index (κ2) is 12.6. The van der Waals surface area contributed by atoms with E-state index in [1.54, 1.807) is 36.9 Å². The van der Waals surface area contributed by atoms with Crippen LogP contribution in [0.5, 0.6) is 0 Å². The lowest BCUT2D eigenvalue weighted by Gasteiger charge is -2.29. The number of rotatable bonds is 9. The van der Waals surface area contributed by atoms with Gasteiger partial charge in [0.15, 0.2) is 0 Å². The summed E-state index contributed by atoms with van der Waals surface area (Å²) in [6.45, 7) is 2.87. The van der Waals surface area contributed by atoms with Crippen molar-refractivity contribution in [3.63, 3.8) is 0 Å². The highest BCUT2D eigenvalue weighted by atomic mass is 16.1. The molecule has 5 heterocycles. The molecular formula is C29H34N10O. The first-order chi connectivity index (χ1) is 19.4. The molecule has 0 unspecified atom stereocenters. The number of anilines is 4. The smallest absolute Gasteiger partial charge is 0.248 e. The van der Waals surface area contributed by atoms with Crippen LogP contribution in [0.2, 0.25) is 0 Å². The zero-order valence-corrected chi connectivity index (χ0v) is 23.0. The minimum Gasteiger partial charge on any atom is -0.367 e. The topological polar surface area (TPSA) is 124 Å². The Morgan fingerprint density at radius 1 is 1.02 bits per heavy atom.